The molecule has 0 radical (unpaired) electrons. The van der Waals surface area contributed by atoms with Gasteiger partial charge < -0.3 is 14.8 Å². The first-order valence-electron chi connectivity index (χ1n) is 8.26. The summed E-state index contributed by atoms with van der Waals surface area (Å²) >= 11 is 0. The van der Waals surface area contributed by atoms with E-state index in [0.29, 0.717) is 11.1 Å². The van der Waals surface area contributed by atoms with Crippen molar-refractivity contribution in [3.63, 3.8) is 0 Å². The molecule has 9 nitrogen and oxygen atoms in total. The quantitative estimate of drug-likeness (QED) is 0.419. The van der Waals surface area contributed by atoms with Crippen LogP contribution in [0.1, 0.15) is 32.7 Å². The summed E-state index contributed by atoms with van der Waals surface area (Å²) < 4.78 is 9.70. The summed E-state index contributed by atoms with van der Waals surface area (Å²) in [6.45, 7) is 0.104. The van der Waals surface area contributed by atoms with Crippen LogP contribution in [0, 0.1) is 10.1 Å². The Kier molecular flexibility index (Phi) is 7.21. The standard InChI is InChI=1S/C19H18N2O7/c1-27-19(24)15-4-2-13(3-5-15)12-28-17(22)10-11-20-18(23)14-6-8-16(9-7-14)21(25)26/h2-9H,10-12H2,1H3,(H,20,23). The first-order valence-corrected chi connectivity index (χ1v) is 8.26. The third-order valence-electron chi connectivity index (χ3n) is 3.73. The summed E-state index contributed by atoms with van der Waals surface area (Å²) in [5.74, 6) is -1.39. The highest BCUT2D eigenvalue weighted by Crippen LogP contribution is 2.12. The second-order valence-electron chi connectivity index (χ2n) is 5.66. The fraction of sp³-hybridized carbons (Fsp3) is 0.211. The van der Waals surface area contributed by atoms with Crippen molar-refractivity contribution in [2.24, 2.45) is 0 Å². The zero-order valence-electron chi connectivity index (χ0n) is 15.0. The number of nitrogens with one attached hydrogen (secondary N) is 1. The number of carbonyl (C=O) groups is 3. The van der Waals surface area contributed by atoms with E-state index in [-0.39, 0.29) is 30.8 Å². The van der Waals surface area contributed by atoms with Crippen molar-refractivity contribution in [3.8, 4) is 0 Å². The van der Waals surface area contributed by atoms with Crippen molar-refractivity contribution in [2.75, 3.05) is 13.7 Å². The summed E-state index contributed by atoms with van der Waals surface area (Å²) in [6.07, 6.45) is -0.0288. The van der Waals surface area contributed by atoms with Gasteiger partial charge in [-0.3, -0.25) is 19.7 Å². The van der Waals surface area contributed by atoms with Crippen molar-refractivity contribution in [1.82, 2.24) is 5.32 Å². The third-order valence-corrected chi connectivity index (χ3v) is 3.73. The fourth-order valence-electron chi connectivity index (χ4n) is 2.21. The van der Waals surface area contributed by atoms with Crippen LogP contribution in [0.15, 0.2) is 48.5 Å². The van der Waals surface area contributed by atoms with Gasteiger partial charge in [0.25, 0.3) is 11.6 Å². The highest BCUT2D eigenvalue weighted by molar-refractivity contribution is 5.94. The number of hydrogen-bond acceptors (Lipinski definition) is 7. The van der Waals surface area contributed by atoms with E-state index in [2.05, 4.69) is 10.1 Å². The average Bonchev–Trinajstić information content (AvgIpc) is 2.72. The largest absolute Gasteiger partial charge is 0.465 e. The SMILES string of the molecule is COC(=O)c1ccc(COC(=O)CCNC(=O)c2ccc([N+](=O)[O-])cc2)cc1. The van der Waals surface area contributed by atoms with Crippen LogP contribution >= 0.6 is 0 Å². The summed E-state index contributed by atoms with van der Waals surface area (Å²) in [5, 5.41) is 13.1. The van der Waals surface area contributed by atoms with Gasteiger partial charge >= 0.3 is 11.9 Å². The molecular formula is C19H18N2O7. The zero-order chi connectivity index (χ0) is 20.5. The number of esters is 2. The maximum Gasteiger partial charge on any atom is 0.337 e. The van der Waals surface area contributed by atoms with Crippen LogP contribution in [0.4, 0.5) is 5.69 Å². The Morgan fingerprint density at radius 1 is 1.00 bits per heavy atom. The summed E-state index contributed by atoms with van der Waals surface area (Å²) in [6, 6.07) is 11.6. The van der Waals surface area contributed by atoms with Gasteiger partial charge in [0.05, 0.1) is 24.0 Å². The minimum absolute atomic E-state index is 0.0288. The number of carbonyl (C=O) groups excluding carboxylic acids is 3. The van der Waals surface area contributed by atoms with E-state index in [4.69, 9.17) is 4.74 Å². The topological polar surface area (TPSA) is 125 Å². The van der Waals surface area contributed by atoms with Gasteiger partial charge in [0.1, 0.15) is 6.61 Å². The molecule has 0 saturated carbocycles. The molecule has 0 aliphatic heterocycles. The number of methoxy groups -OCH3 is 1. The number of nitrogens with zero attached hydrogens (tertiary/aromatic N) is 1. The molecule has 1 amide bonds. The maximum absolute atomic E-state index is 11.9. The molecule has 0 spiro atoms. The summed E-state index contributed by atoms with van der Waals surface area (Å²) in [5.41, 5.74) is 1.24. The lowest BCUT2D eigenvalue weighted by Crippen LogP contribution is -2.26. The molecule has 2 rings (SSSR count). The van der Waals surface area contributed by atoms with E-state index in [1.54, 1.807) is 24.3 Å². The second-order valence-corrected chi connectivity index (χ2v) is 5.66. The molecule has 146 valence electrons. The number of hydrogen-bond donors (Lipinski definition) is 1. The van der Waals surface area contributed by atoms with E-state index in [0.717, 1.165) is 0 Å². The van der Waals surface area contributed by atoms with Crippen molar-refractivity contribution >= 4 is 23.5 Å². The van der Waals surface area contributed by atoms with Gasteiger partial charge in [-0.2, -0.15) is 0 Å². The Balaban J connectivity index is 1.72. The molecule has 0 fully saturated rings. The van der Waals surface area contributed by atoms with Gasteiger partial charge in [0.2, 0.25) is 0 Å². The van der Waals surface area contributed by atoms with E-state index in [9.17, 15) is 24.5 Å². The smallest absolute Gasteiger partial charge is 0.337 e. The van der Waals surface area contributed by atoms with Crippen LogP contribution in [0.5, 0.6) is 0 Å². The highest BCUT2D eigenvalue weighted by atomic mass is 16.6. The molecular weight excluding hydrogens is 368 g/mol. The molecule has 0 bridgehead atoms. The molecule has 0 aromatic heterocycles. The first kappa shape index (κ1) is 20.6. The summed E-state index contributed by atoms with van der Waals surface area (Å²) in [7, 11) is 1.29. The number of nitro benzene ring substituents is 1. The molecule has 1 N–H and O–H groups in total. The Bertz CT molecular complexity index is 861. The molecule has 2 aromatic rings. The van der Waals surface area contributed by atoms with Crippen molar-refractivity contribution in [3.05, 3.63) is 75.3 Å². The van der Waals surface area contributed by atoms with E-state index in [1.807, 2.05) is 0 Å². The number of rotatable bonds is 8. The minimum atomic E-state index is -0.555. The van der Waals surface area contributed by atoms with Gasteiger partial charge in [-0.15, -0.1) is 0 Å². The summed E-state index contributed by atoms with van der Waals surface area (Å²) in [4.78, 5) is 45.1. The second kappa shape index (κ2) is 9.81. The lowest BCUT2D eigenvalue weighted by Gasteiger charge is -2.07. The molecule has 0 atom stereocenters. The molecule has 0 aliphatic rings. The first-order chi connectivity index (χ1) is 13.4. The van der Waals surface area contributed by atoms with Crippen LogP contribution in [0.25, 0.3) is 0 Å². The lowest BCUT2D eigenvalue weighted by molar-refractivity contribution is -0.384. The Labute approximate surface area is 160 Å². The number of non-ortho nitro benzene ring substituents is 1. The van der Waals surface area contributed by atoms with Crippen molar-refractivity contribution in [1.29, 1.82) is 0 Å². The predicted molar refractivity (Wildman–Crippen MR) is 97.6 cm³/mol. The minimum Gasteiger partial charge on any atom is -0.465 e. The highest BCUT2D eigenvalue weighted by Gasteiger charge is 2.11. The van der Waals surface area contributed by atoms with Crippen molar-refractivity contribution in [2.45, 2.75) is 13.0 Å². The zero-order valence-corrected chi connectivity index (χ0v) is 15.0. The van der Waals surface area contributed by atoms with E-state index < -0.39 is 22.8 Å². The number of amides is 1. The van der Waals surface area contributed by atoms with Gasteiger partial charge in [0, 0.05) is 24.2 Å². The number of nitro groups is 1. The third kappa shape index (κ3) is 5.90. The fourth-order valence-corrected chi connectivity index (χ4v) is 2.21. The molecule has 28 heavy (non-hydrogen) atoms. The van der Waals surface area contributed by atoms with Crippen LogP contribution < -0.4 is 5.32 Å². The van der Waals surface area contributed by atoms with Gasteiger partial charge in [0.15, 0.2) is 0 Å². The Morgan fingerprint density at radius 2 is 1.61 bits per heavy atom. The number of benzene rings is 2. The van der Waals surface area contributed by atoms with Crippen LogP contribution in [0.3, 0.4) is 0 Å². The average molecular weight is 386 g/mol. The maximum atomic E-state index is 11.9. The number of ether oxygens (including phenoxy) is 2. The molecule has 2 aromatic carbocycles. The van der Waals surface area contributed by atoms with Gasteiger partial charge in [-0.25, -0.2) is 4.79 Å². The van der Waals surface area contributed by atoms with Crippen LogP contribution in [-0.4, -0.2) is 36.4 Å². The normalized spacial score (nSPS) is 10.0. The monoisotopic (exact) mass is 386 g/mol. The van der Waals surface area contributed by atoms with Crippen molar-refractivity contribution < 1.29 is 28.8 Å². The Morgan fingerprint density at radius 3 is 2.18 bits per heavy atom. The lowest BCUT2D eigenvalue weighted by atomic mass is 10.1. The van der Waals surface area contributed by atoms with Gasteiger partial charge in [-0.05, 0) is 29.8 Å². The molecule has 0 saturated heterocycles. The van der Waals surface area contributed by atoms with E-state index in [1.165, 1.54) is 31.4 Å². The molecule has 9 heteroatoms. The van der Waals surface area contributed by atoms with Gasteiger partial charge in [-0.1, -0.05) is 12.1 Å². The van der Waals surface area contributed by atoms with E-state index >= 15 is 0 Å². The predicted octanol–water partition coefficient (Wildman–Crippen LogP) is 2.24. The van der Waals surface area contributed by atoms with Crippen LogP contribution in [-0.2, 0) is 20.9 Å². The molecule has 0 unspecified atom stereocenters. The molecule has 0 heterocycles. The van der Waals surface area contributed by atoms with Crippen LogP contribution in [0.2, 0.25) is 0 Å². The molecule has 0 aliphatic carbocycles. The Hall–Kier alpha value is -3.75.